The van der Waals surface area contributed by atoms with E-state index in [9.17, 15) is 5.11 Å². The Kier molecular flexibility index (Phi) is 3.92. The third-order valence-electron chi connectivity index (χ3n) is 2.32. The molecule has 0 aliphatic heterocycles. The maximum atomic E-state index is 9.64. The Balaban J connectivity index is 2.96. The Hall–Kier alpha value is -1.06. The van der Waals surface area contributed by atoms with Crippen molar-refractivity contribution in [3.8, 4) is 5.75 Å². The molecular formula is C11H17NO2. The summed E-state index contributed by atoms with van der Waals surface area (Å²) in [5, 5.41) is 21.6. The monoisotopic (exact) mass is 195 g/mol. The first-order valence-electron chi connectivity index (χ1n) is 4.76. The summed E-state index contributed by atoms with van der Waals surface area (Å²) in [7, 11) is 1.82. The Labute approximate surface area is 84.4 Å². The molecule has 0 amide bonds. The molecule has 3 nitrogen and oxygen atoms in total. The van der Waals surface area contributed by atoms with Crippen molar-refractivity contribution in [3.63, 3.8) is 0 Å². The standard InChI is InChI=1S/C11H17NO2/c1-8-3-4-11(14)9(7-8)10(12-2)5-6-13/h3-4,7,10,12-14H,5-6H2,1-2H3. The van der Waals surface area contributed by atoms with Crippen LogP contribution < -0.4 is 5.32 Å². The number of nitrogens with one attached hydrogen (secondary N) is 1. The fraction of sp³-hybridized carbons (Fsp3) is 0.455. The van der Waals surface area contributed by atoms with E-state index < -0.39 is 0 Å². The molecule has 0 saturated heterocycles. The van der Waals surface area contributed by atoms with Crippen LogP contribution in [0, 0.1) is 6.92 Å². The summed E-state index contributed by atoms with van der Waals surface area (Å²) in [4.78, 5) is 0. The highest BCUT2D eigenvalue weighted by Gasteiger charge is 2.12. The quantitative estimate of drug-likeness (QED) is 0.679. The van der Waals surface area contributed by atoms with Crippen molar-refractivity contribution in [2.24, 2.45) is 0 Å². The van der Waals surface area contributed by atoms with Gasteiger partial charge in [0.2, 0.25) is 0 Å². The summed E-state index contributed by atoms with van der Waals surface area (Å²) in [6, 6.07) is 5.50. The minimum absolute atomic E-state index is 0.0138. The van der Waals surface area contributed by atoms with Crippen LogP contribution in [-0.2, 0) is 0 Å². The molecule has 0 aliphatic carbocycles. The molecule has 1 unspecified atom stereocenters. The fourth-order valence-electron chi connectivity index (χ4n) is 1.54. The first kappa shape index (κ1) is 11.0. The lowest BCUT2D eigenvalue weighted by atomic mass is 10.0. The lowest BCUT2D eigenvalue weighted by Gasteiger charge is -2.17. The molecule has 0 spiro atoms. The molecular weight excluding hydrogens is 178 g/mol. The predicted octanol–water partition coefficient (Wildman–Crippen LogP) is 1.34. The van der Waals surface area contributed by atoms with Crippen molar-refractivity contribution in [3.05, 3.63) is 29.3 Å². The van der Waals surface area contributed by atoms with E-state index in [0.29, 0.717) is 6.42 Å². The van der Waals surface area contributed by atoms with Gasteiger partial charge in [-0.2, -0.15) is 0 Å². The molecule has 0 bridgehead atoms. The summed E-state index contributed by atoms with van der Waals surface area (Å²) in [5.74, 6) is 0.281. The second-order valence-corrected chi connectivity index (χ2v) is 3.42. The minimum atomic E-state index is 0.0138. The Morgan fingerprint density at radius 1 is 1.43 bits per heavy atom. The zero-order valence-electron chi connectivity index (χ0n) is 8.62. The van der Waals surface area contributed by atoms with E-state index in [0.717, 1.165) is 11.1 Å². The number of aromatic hydroxyl groups is 1. The van der Waals surface area contributed by atoms with Gasteiger partial charge >= 0.3 is 0 Å². The normalized spacial score (nSPS) is 12.8. The van der Waals surface area contributed by atoms with Crippen molar-refractivity contribution < 1.29 is 10.2 Å². The molecule has 1 aromatic rings. The average molecular weight is 195 g/mol. The topological polar surface area (TPSA) is 52.5 Å². The van der Waals surface area contributed by atoms with E-state index in [-0.39, 0.29) is 18.4 Å². The van der Waals surface area contributed by atoms with Crippen LogP contribution in [0.5, 0.6) is 5.75 Å². The maximum Gasteiger partial charge on any atom is 0.120 e. The third kappa shape index (κ3) is 2.47. The molecule has 0 aliphatic rings. The van der Waals surface area contributed by atoms with Gasteiger partial charge in [0, 0.05) is 18.2 Å². The van der Waals surface area contributed by atoms with Crippen LogP contribution in [0.4, 0.5) is 0 Å². The molecule has 0 fully saturated rings. The molecule has 1 rings (SSSR count). The summed E-state index contributed by atoms with van der Waals surface area (Å²) in [6.45, 7) is 2.09. The molecule has 0 saturated carbocycles. The molecule has 3 N–H and O–H groups in total. The van der Waals surface area contributed by atoms with Gasteiger partial charge in [-0.3, -0.25) is 0 Å². The van der Waals surface area contributed by atoms with Crippen molar-refractivity contribution >= 4 is 0 Å². The van der Waals surface area contributed by atoms with Crippen LogP contribution in [-0.4, -0.2) is 23.9 Å². The number of benzene rings is 1. The second-order valence-electron chi connectivity index (χ2n) is 3.42. The SMILES string of the molecule is CNC(CCO)c1cc(C)ccc1O. The van der Waals surface area contributed by atoms with Crippen LogP contribution in [0.25, 0.3) is 0 Å². The smallest absolute Gasteiger partial charge is 0.120 e. The number of phenolic OH excluding ortho intramolecular Hbond substituents is 1. The Morgan fingerprint density at radius 2 is 2.14 bits per heavy atom. The van der Waals surface area contributed by atoms with Crippen molar-refractivity contribution in [1.29, 1.82) is 0 Å². The summed E-state index contributed by atoms with van der Waals surface area (Å²) in [5.41, 5.74) is 1.96. The average Bonchev–Trinajstić information content (AvgIpc) is 2.18. The van der Waals surface area contributed by atoms with E-state index in [1.807, 2.05) is 26.1 Å². The van der Waals surface area contributed by atoms with Crippen molar-refractivity contribution in [2.75, 3.05) is 13.7 Å². The number of rotatable bonds is 4. The molecule has 14 heavy (non-hydrogen) atoms. The van der Waals surface area contributed by atoms with Crippen LogP contribution in [0.1, 0.15) is 23.6 Å². The third-order valence-corrected chi connectivity index (χ3v) is 2.32. The van der Waals surface area contributed by atoms with Gasteiger partial charge in [-0.05, 0) is 26.5 Å². The van der Waals surface area contributed by atoms with E-state index in [1.165, 1.54) is 0 Å². The number of phenols is 1. The lowest BCUT2D eigenvalue weighted by molar-refractivity contribution is 0.267. The molecule has 78 valence electrons. The highest BCUT2D eigenvalue weighted by Crippen LogP contribution is 2.26. The number of aliphatic hydroxyl groups excluding tert-OH is 1. The van der Waals surface area contributed by atoms with Gasteiger partial charge in [0.25, 0.3) is 0 Å². The summed E-state index contributed by atoms with van der Waals surface area (Å²) in [6.07, 6.45) is 0.605. The van der Waals surface area contributed by atoms with Gasteiger partial charge in [-0.15, -0.1) is 0 Å². The highest BCUT2D eigenvalue weighted by atomic mass is 16.3. The predicted molar refractivity (Wildman–Crippen MR) is 56.3 cm³/mol. The van der Waals surface area contributed by atoms with Crippen molar-refractivity contribution in [1.82, 2.24) is 5.32 Å². The molecule has 1 atom stereocenters. The molecule has 0 radical (unpaired) electrons. The van der Waals surface area contributed by atoms with Gasteiger partial charge < -0.3 is 15.5 Å². The van der Waals surface area contributed by atoms with Gasteiger partial charge in [0.15, 0.2) is 0 Å². The summed E-state index contributed by atoms with van der Waals surface area (Å²) < 4.78 is 0. The Bertz CT molecular complexity index is 299. The molecule has 0 aromatic heterocycles. The number of hydrogen-bond acceptors (Lipinski definition) is 3. The zero-order valence-corrected chi connectivity index (χ0v) is 8.62. The second kappa shape index (κ2) is 4.98. The number of hydrogen-bond donors (Lipinski definition) is 3. The van der Waals surface area contributed by atoms with E-state index in [4.69, 9.17) is 5.11 Å². The van der Waals surface area contributed by atoms with Gasteiger partial charge in [-0.1, -0.05) is 17.7 Å². The first-order chi connectivity index (χ1) is 6.69. The van der Waals surface area contributed by atoms with Gasteiger partial charge in [0.05, 0.1) is 0 Å². The van der Waals surface area contributed by atoms with E-state index in [1.54, 1.807) is 6.07 Å². The van der Waals surface area contributed by atoms with Gasteiger partial charge in [0.1, 0.15) is 5.75 Å². The zero-order chi connectivity index (χ0) is 10.6. The lowest BCUT2D eigenvalue weighted by Crippen LogP contribution is -2.17. The fourth-order valence-corrected chi connectivity index (χ4v) is 1.54. The van der Waals surface area contributed by atoms with Crippen LogP contribution in [0.3, 0.4) is 0 Å². The largest absolute Gasteiger partial charge is 0.508 e. The van der Waals surface area contributed by atoms with E-state index >= 15 is 0 Å². The van der Waals surface area contributed by atoms with Crippen molar-refractivity contribution in [2.45, 2.75) is 19.4 Å². The summed E-state index contributed by atoms with van der Waals surface area (Å²) >= 11 is 0. The first-order valence-corrected chi connectivity index (χ1v) is 4.76. The van der Waals surface area contributed by atoms with E-state index in [2.05, 4.69) is 5.32 Å². The molecule has 0 heterocycles. The van der Waals surface area contributed by atoms with Crippen LogP contribution in [0.2, 0.25) is 0 Å². The van der Waals surface area contributed by atoms with Crippen LogP contribution >= 0.6 is 0 Å². The van der Waals surface area contributed by atoms with Gasteiger partial charge in [-0.25, -0.2) is 0 Å². The highest BCUT2D eigenvalue weighted by molar-refractivity contribution is 5.37. The molecule has 3 heteroatoms. The number of aryl methyl sites for hydroxylation is 1. The van der Waals surface area contributed by atoms with Crippen LogP contribution in [0.15, 0.2) is 18.2 Å². The molecule has 1 aromatic carbocycles. The minimum Gasteiger partial charge on any atom is -0.508 e. The number of aliphatic hydroxyl groups is 1. The maximum absolute atomic E-state index is 9.64. The Morgan fingerprint density at radius 3 is 2.71 bits per heavy atom.